The van der Waals surface area contributed by atoms with E-state index < -0.39 is 0 Å². The number of hydrogen-bond acceptors (Lipinski definition) is 5. The first-order valence-electron chi connectivity index (χ1n) is 8.00. The van der Waals surface area contributed by atoms with Gasteiger partial charge in [-0.3, -0.25) is 4.79 Å². The Kier molecular flexibility index (Phi) is 5.34. The molecule has 1 aromatic heterocycles. The van der Waals surface area contributed by atoms with Crippen molar-refractivity contribution in [2.24, 2.45) is 0 Å². The normalized spacial score (nSPS) is 10.4. The predicted molar refractivity (Wildman–Crippen MR) is 104 cm³/mol. The van der Waals surface area contributed by atoms with Crippen molar-refractivity contribution in [2.75, 3.05) is 16.4 Å². The number of rotatable bonds is 5. The highest BCUT2D eigenvalue weighted by Gasteiger charge is 2.08. The molecule has 3 aromatic rings. The second kappa shape index (κ2) is 7.84. The van der Waals surface area contributed by atoms with E-state index in [-0.39, 0.29) is 16.7 Å². The maximum atomic E-state index is 12.3. The Morgan fingerprint density at radius 2 is 1.92 bits per heavy atom. The van der Waals surface area contributed by atoms with Crippen LogP contribution in [-0.4, -0.2) is 15.9 Å². The molecule has 0 aliphatic carbocycles. The van der Waals surface area contributed by atoms with E-state index in [1.54, 1.807) is 12.1 Å². The molecule has 0 saturated carbocycles. The van der Waals surface area contributed by atoms with E-state index in [0.717, 1.165) is 11.1 Å². The summed E-state index contributed by atoms with van der Waals surface area (Å²) in [5.41, 5.74) is 9.06. The lowest BCUT2D eigenvalue weighted by molar-refractivity contribution is 0.102. The van der Waals surface area contributed by atoms with E-state index in [9.17, 15) is 4.79 Å². The van der Waals surface area contributed by atoms with Gasteiger partial charge in [0.1, 0.15) is 17.2 Å². The van der Waals surface area contributed by atoms with Gasteiger partial charge in [-0.15, -0.1) is 0 Å². The fraction of sp³-hybridized carbons (Fsp3) is 0.105. The number of nitrogen functional groups attached to an aromatic ring is 1. The van der Waals surface area contributed by atoms with Crippen LogP contribution in [0.4, 0.5) is 17.3 Å². The number of carbonyl (C=O) groups is 1. The van der Waals surface area contributed by atoms with Crippen LogP contribution in [0.15, 0.2) is 54.9 Å². The third-order valence-corrected chi connectivity index (χ3v) is 4.15. The zero-order valence-electron chi connectivity index (χ0n) is 14.2. The van der Waals surface area contributed by atoms with Crippen LogP contribution in [0.3, 0.4) is 0 Å². The highest BCUT2D eigenvalue weighted by Crippen LogP contribution is 2.24. The summed E-state index contributed by atoms with van der Waals surface area (Å²) in [5.74, 6) is 0.540. The molecule has 0 atom stereocenters. The molecule has 6 nitrogen and oxygen atoms in total. The van der Waals surface area contributed by atoms with Crippen molar-refractivity contribution in [3.05, 3.63) is 76.6 Å². The van der Waals surface area contributed by atoms with Crippen molar-refractivity contribution in [1.82, 2.24) is 9.97 Å². The lowest BCUT2D eigenvalue weighted by Crippen LogP contribution is -2.12. The van der Waals surface area contributed by atoms with Crippen LogP contribution in [0, 0.1) is 6.92 Å². The SMILES string of the molecule is Cc1ccc(C(=O)Nc2cccc(CNc3ncnc(N)c3Cl)c2)cc1. The summed E-state index contributed by atoms with van der Waals surface area (Å²) >= 11 is 6.07. The van der Waals surface area contributed by atoms with Crippen LogP contribution < -0.4 is 16.4 Å². The molecule has 0 saturated heterocycles. The first-order chi connectivity index (χ1) is 12.5. The molecule has 0 aliphatic heterocycles. The Balaban J connectivity index is 1.67. The fourth-order valence-corrected chi connectivity index (χ4v) is 2.52. The molecule has 0 fully saturated rings. The largest absolute Gasteiger partial charge is 0.382 e. The highest BCUT2D eigenvalue weighted by atomic mass is 35.5. The lowest BCUT2D eigenvalue weighted by Gasteiger charge is -2.10. The van der Waals surface area contributed by atoms with Gasteiger partial charge in [0.15, 0.2) is 5.82 Å². The molecule has 0 radical (unpaired) electrons. The monoisotopic (exact) mass is 367 g/mol. The number of nitrogens with one attached hydrogen (secondary N) is 2. The molecule has 1 amide bonds. The minimum Gasteiger partial charge on any atom is -0.382 e. The average Bonchev–Trinajstić information content (AvgIpc) is 2.64. The van der Waals surface area contributed by atoms with Crippen molar-refractivity contribution in [1.29, 1.82) is 0 Å². The number of nitrogens with two attached hydrogens (primary N) is 1. The number of anilines is 3. The van der Waals surface area contributed by atoms with E-state index in [1.165, 1.54) is 6.33 Å². The maximum Gasteiger partial charge on any atom is 0.255 e. The van der Waals surface area contributed by atoms with E-state index in [2.05, 4.69) is 20.6 Å². The van der Waals surface area contributed by atoms with Gasteiger partial charge >= 0.3 is 0 Å². The first kappa shape index (κ1) is 17.7. The van der Waals surface area contributed by atoms with Crippen molar-refractivity contribution in [3.63, 3.8) is 0 Å². The molecule has 132 valence electrons. The van der Waals surface area contributed by atoms with E-state index >= 15 is 0 Å². The summed E-state index contributed by atoms with van der Waals surface area (Å²) in [6.07, 6.45) is 1.35. The van der Waals surface area contributed by atoms with Gasteiger partial charge < -0.3 is 16.4 Å². The summed E-state index contributed by atoms with van der Waals surface area (Å²) in [7, 11) is 0. The van der Waals surface area contributed by atoms with Crippen molar-refractivity contribution >= 4 is 34.8 Å². The molecule has 3 rings (SSSR count). The quantitative estimate of drug-likeness (QED) is 0.636. The standard InChI is InChI=1S/C19H18ClN5O/c1-12-5-7-14(8-6-12)19(26)25-15-4-2-3-13(9-15)10-22-18-16(20)17(21)23-11-24-18/h2-9,11H,10H2,1H3,(H,25,26)(H3,21,22,23,24). The van der Waals surface area contributed by atoms with E-state index in [0.29, 0.717) is 23.6 Å². The Morgan fingerprint density at radius 3 is 2.69 bits per heavy atom. The molecular weight excluding hydrogens is 350 g/mol. The van der Waals surface area contributed by atoms with Crippen LogP contribution >= 0.6 is 11.6 Å². The molecule has 2 aromatic carbocycles. The number of hydrogen-bond donors (Lipinski definition) is 3. The van der Waals surface area contributed by atoms with Crippen LogP contribution in [0.1, 0.15) is 21.5 Å². The maximum absolute atomic E-state index is 12.3. The summed E-state index contributed by atoms with van der Waals surface area (Å²) in [6, 6.07) is 15.0. The molecule has 4 N–H and O–H groups in total. The van der Waals surface area contributed by atoms with Crippen molar-refractivity contribution in [3.8, 4) is 0 Å². The number of halogens is 1. The van der Waals surface area contributed by atoms with E-state index in [4.69, 9.17) is 17.3 Å². The molecular formula is C19H18ClN5O. The number of nitrogens with zero attached hydrogens (tertiary/aromatic N) is 2. The van der Waals surface area contributed by atoms with Crippen LogP contribution in [-0.2, 0) is 6.54 Å². The molecule has 26 heavy (non-hydrogen) atoms. The van der Waals surface area contributed by atoms with Gasteiger partial charge in [-0.1, -0.05) is 41.4 Å². The van der Waals surface area contributed by atoms with Crippen LogP contribution in [0.2, 0.25) is 5.02 Å². The van der Waals surface area contributed by atoms with Crippen LogP contribution in [0.25, 0.3) is 0 Å². The second-order valence-electron chi connectivity index (χ2n) is 5.80. The number of carbonyl (C=O) groups excluding carboxylic acids is 1. The van der Waals surface area contributed by atoms with Gasteiger partial charge in [0.2, 0.25) is 0 Å². The van der Waals surface area contributed by atoms with Gasteiger partial charge in [0.25, 0.3) is 5.91 Å². The van der Waals surface area contributed by atoms with Gasteiger partial charge in [0, 0.05) is 17.8 Å². The molecule has 0 spiro atoms. The summed E-state index contributed by atoms with van der Waals surface area (Å²) in [6.45, 7) is 2.46. The van der Waals surface area contributed by atoms with Gasteiger partial charge in [0.05, 0.1) is 0 Å². The molecule has 0 bridgehead atoms. The fourth-order valence-electron chi connectivity index (χ4n) is 2.36. The average molecular weight is 368 g/mol. The third-order valence-electron chi connectivity index (χ3n) is 3.78. The zero-order chi connectivity index (χ0) is 18.5. The lowest BCUT2D eigenvalue weighted by atomic mass is 10.1. The molecule has 1 heterocycles. The number of aryl methyl sites for hydroxylation is 1. The Labute approximate surface area is 156 Å². The Bertz CT molecular complexity index is 927. The third kappa shape index (κ3) is 4.29. The van der Waals surface area contributed by atoms with Gasteiger partial charge in [-0.25, -0.2) is 9.97 Å². The van der Waals surface area contributed by atoms with E-state index in [1.807, 2.05) is 43.3 Å². The minimum atomic E-state index is -0.151. The second-order valence-corrected chi connectivity index (χ2v) is 6.17. The summed E-state index contributed by atoms with van der Waals surface area (Å²) in [5, 5.41) is 6.30. The topological polar surface area (TPSA) is 92.9 Å². The zero-order valence-corrected chi connectivity index (χ0v) is 14.9. The number of benzene rings is 2. The number of amides is 1. The Morgan fingerprint density at radius 1 is 1.15 bits per heavy atom. The summed E-state index contributed by atoms with van der Waals surface area (Å²) in [4.78, 5) is 20.2. The highest BCUT2D eigenvalue weighted by molar-refractivity contribution is 6.35. The Hall–Kier alpha value is -3.12. The molecule has 0 unspecified atom stereocenters. The summed E-state index contributed by atoms with van der Waals surface area (Å²) < 4.78 is 0. The predicted octanol–water partition coefficient (Wildman–Crippen LogP) is 3.89. The molecule has 0 aliphatic rings. The minimum absolute atomic E-state index is 0.151. The van der Waals surface area contributed by atoms with Gasteiger partial charge in [-0.05, 0) is 36.8 Å². The van der Waals surface area contributed by atoms with Crippen molar-refractivity contribution in [2.45, 2.75) is 13.5 Å². The van der Waals surface area contributed by atoms with Crippen LogP contribution in [0.5, 0.6) is 0 Å². The van der Waals surface area contributed by atoms with Gasteiger partial charge in [-0.2, -0.15) is 0 Å². The van der Waals surface area contributed by atoms with Crippen molar-refractivity contribution < 1.29 is 4.79 Å². The molecule has 7 heteroatoms. The smallest absolute Gasteiger partial charge is 0.255 e. The first-order valence-corrected chi connectivity index (χ1v) is 8.37. The number of aromatic nitrogens is 2.